The molecular weight excluding hydrogens is 257 g/mol. The van der Waals surface area contributed by atoms with Gasteiger partial charge in [-0.3, -0.25) is 4.79 Å². The van der Waals surface area contributed by atoms with Gasteiger partial charge in [0.25, 0.3) is 0 Å². The highest BCUT2D eigenvalue weighted by molar-refractivity contribution is 6.29. The molecule has 1 heterocycles. The Morgan fingerprint density at radius 2 is 2.06 bits per heavy atom. The minimum Gasteiger partial charge on any atom is -0.300 e. The Balaban J connectivity index is 2.35. The normalized spacial score (nSPS) is 20.9. The Morgan fingerprint density at radius 3 is 2.59 bits per heavy atom. The molecule has 1 aliphatic rings. The van der Waals surface area contributed by atoms with Crippen molar-refractivity contribution in [3.05, 3.63) is 22.7 Å². The van der Waals surface area contributed by atoms with Crippen LogP contribution in [-0.2, 0) is 11.0 Å². The SMILES string of the molecule is O=C1CC[C@H](c2nc(Cl)cc(C(F)(F)F)n2)C1. The number of hydrogen-bond acceptors (Lipinski definition) is 3. The number of halogens is 4. The number of hydrogen-bond donors (Lipinski definition) is 0. The lowest BCUT2D eigenvalue weighted by Crippen LogP contribution is -2.12. The van der Waals surface area contributed by atoms with Crippen molar-refractivity contribution in [3.63, 3.8) is 0 Å². The lowest BCUT2D eigenvalue weighted by Gasteiger charge is -2.11. The zero-order valence-corrected chi connectivity index (χ0v) is 9.35. The Hall–Kier alpha value is -1.17. The Labute approximate surface area is 100 Å². The maximum absolute atomic E-state index is 12.5. The number of Topliss-reactive ketones (excluding diaryl/α,β-unsaturated/α-hetero) is 1. The van der Waals surface area contributed by atoms with Gasteiger partial charge in [0.1, 0.15) is 22.5 Å². The minimum atomic E-state index is -4.55. The monoisotopic (exact) mass is 264 g/mol. The van der Waals surface area contributed by atoms with Crippen LogP contribution in [0.3, 0.4) is 0 Å². The zero-order chi connectivity index (χ0) is 12.6. The van der Waals surface area contributed by atoms with Gasteiger partial charge < -0.3 is 0 Å². The Bertz CT molecular complexity index is 461. The van der Waals surface area contributed by atoms with E-state index in [0.717, 1.165) is 0 Å². The van der Waals surface area contributed by atoms with Crippen molar-refractivity contribution < 1.29 is 18.0 Å². The van der Waals surface area contributed by atoms with Crippen LogP contribution in [0.5, 0.6) is 0 Å². The lowest BCUT2D eigenvalue weighted by molar-refractivity contribution is -0.141. The third-order valence-electron chi connectivity index (χ3n) is 2.61. The molecule has 0 aromatic carbocycles. The molecule has 0 saturated heterocycles. The molecule has 0 radical (unpaired) electrons. The van der Waals surface area contributed by atoms with Crippen molar-refractivity contribution in [1.29, 1.82) is 0 Å². The van der Waals surface area contributed by atoms with E-state index in [4.69, 9.17) is 11.6 Å². The van der Waals surface area contributed by atoms with Gasteiger partial charge in [-0.05, 0) is 6.42 Å². The third kappa shape index (κ3) is 2.74. The third-order valence-corrected chi connectivity index (χ3v) is 2.81. The van der Waals surface area contributed by atoms with Gasteiger partial charge in [0.2, 0.25) is 0 Å². The zero-order valence-electron chi connectivity index (χ0n) is 8.59. The van der Waals surface area contributed by atoms with Gasteiger partial charge >= 0.3 is 6.18 Å². The quantitative estimate of drug-likeness (QED) is 0.733. The first-order valence-electron chi connectivity index (χ1n) is 4.99. The molecule has 1 aromatic heterocycles. The predicted octanol–water partition coefficient (Wildman–Crippen LogP) is 2.99. The van der Waals surface area contributed by atoms with Crippen LogP contribution in [0.25, 0.3) is 0 Å². The van der Waals surface area contributed by atoms with Crippen molar-refractivity contribution in [2.75, 3.05) is 0 Å². The fraction of sp³-hybridized carbons (Fsp3) is 0.500. The Kier molecular flexibility index (Phi) is 3.07. The van der Waals surface area contributed by atoms with E-state index >= 15 is 0 Å². The maximum Gasteiger partial charge on any atom is 0.433 e. The number of nitrogens with zero attached hydrogens (tertiary/aromatic N) is 2. The molecule has 3 nitrogen and oxygen atoms in total. The molecule has 1 aliphatic carbocycles. The average molecular weight is 265 g/mol. The standard InChI is InChI=1S/C10H8ClF3N2O/c11-8-4-7(10(12,13)14)15-9(16-8)5-1-2-6(17)3-5/h4-5H,1-3H2/t5-/m0/s1. The van der Waals surface area contributed by atoms with Crippen LogP contribution < -0.4 is 0 Å². The molecule has 0 amide bonds. The highest BCUT2D eigenvalue weighted by Crippen LogP contribution is 2.34. The fourth-order valence-electron chi connectivity index (χ4n) is 1.80. The molecule has 0 aliphatic heterocycles. The molecular formula is C10H8ClF3N2O. The van der Waals surface area contributed by atoms with E-state index in [9.17, 15) is 18.0 Å². The van der Waals surface area contributed by atoms with E-state index in [1.165, 1.54) is 0 Å². The van der Waals surface area contributed by atoms with Crippen LogP contribution in [0.2, 0.25) is 5.15 Å². The van der Waals surface area contributed by atoms with Gasteiger partial charge in [0.15, 0.2) is 0 Å². The molecule has 1 atom stereocenters. The number of carbonyl (C=O) groups is 1. The Morgan fingerprint density at radius 1 is 1.35 bits per heavy atom. The van der Waals surface area contributed by atoms with Crippen LogP contribution in [0.4, 0.5) is 13.2 Å². The van der Waals surface area contributed by atoms with Crippen LogP contribution in [0, 0.1) is 0 Å². The first-order chi connectivity index (χ1) is 7.86. The van der Waals surface area contributed by atoms with Gasteiger partial charge in [-0.25, -0.2) is 9.97 Å². The summed E-state index contributed by atoms with van der Waals surface area (Å²) < 4.78 is 37.5. The summed E-state index contributed by atoms with van der Waals surface area (Å²) in [6.45, 7) is 0. The summed E-state index contributed by atoms with van der Waals surface area (Å²) in [6.07, 6.45) is -3.51. The topological polar surface area (TPSA) is 42.9 Å². The summed E-state index contributed by atoms with van der Waals surface area (Å²) in [4.78, 5) is 18.3. The molecule has 1 aromatic rings. The molecule has 2 rings (SSSR count). The second-order valence-corrected chi connectivity index (χ2v) is 4.30. The minimum absolute atomic E-state index is 0.00988. The van der Waals surface area contributed by atoms with E-state index in [-0.39, 0.29) is 29.1 Å². The lowest BCUT2D eigenvalue weighted by atomic mass is 10.1. The second-order valence-electron chi connectivity index (χ2n) is 3.91. The average Bonchev–Trinajstić information content (AvgIpc) is 2.62. The summed E-state index contributed by atoms with van der Waals surface area (Å²) in [5.41, 5.74) is -1.06. The van der Waals surface area contributed by atoms with Crippen molar-refractivity contribution in [1.82, 2.24) is 9.97 Å². The number of ketones is 1. The molecule has 0 spiro atoms. The van der Waals surface area contributed by atoms with E-state index in [2.05, 4.69) is 9.97 Å². The number of aromatic nitrogens is 2. The van der Waals surface area contributed by atoms with Gasteiger partial charge in [-0.1, -0.05) is 11.6 Å². The number of rotatable bonds is 1. The van der Waals surface area contributed by atoms with Crippen LogP contribution in [-0.4, -0.2) is 15.8 Å². The first kappa shape index (κ1) is 12.3. The summed E-state index contributed by atoms with van der Waals surface area (Å²) >= 11 is 5.53. The van der Waals surface area contributed by atoms with E-state index in [0.29, 0.717) is 18.9 Å². The highest BCUT2D eigenvalue weighted by atomic mass is 35.5. The molecule has 17 heavy (non-hydrogen) atoms. The van der Waals surface area contributed by atoms with Crippen molar-refractivity contribution in [3.8, 4) is 0 Å². The van der Waals surface area contributed by atoms with Gasteiger partial charge in [0.05, 0.1) is 0 Å². The smallest absolute Gasteiger partial charge is 0.300 e. The van der Waals surface area contributed by atoms with E-state index in [1.54, 1.807) is 0 Å². The maximum atomic E-state index is 12.5. The van der Waals surface area contributed by atoms with Crippen molar-refractivity contribution >= 4 is 17.4 Å². The highest BCUT2D eigenvalue weighted by Gasteiger charge is 2.35. The van der Waals surface area contributed by atoms with E-state index < -0.39 is 11.9 Å². The molecule has 1 fully saturated rings. The van der Waals surface area contributed by atoms with Crippen molar-refractivity contribution in [2.24, 2.45) is 0 Å². The van der Waals surface area contributed by atoms with Gasteiger partial charge in [-0.15, -0.1) is 0 Å². The summed E-state index contributed by atoms with van der Waals surface area (Å²) in [7, 11) is 0. The molecule has 0 N–H and O–H groups in total. The number of alkyl halides is 3. The van der Waals surface area contributed by atoms with Crippen LogP contribution >= 0.6 is 11.6 Å². The predicted molar refractivity (Wildman–Crippen MR) is 53.6 cm³/mol. The number of carbonyl (C=O) groups excluding carboxylic acids is 1. The largest absolute Gasteiger partial charge is 0.433 e. The molecule has 7 heteroatoms. The molecule has 0 unspecified atom stereocenters. The van der Waals surface area contributed by atoms with Crippen LogP contribution in [0.1, 0.15) is 36.7 Å². The molecule has 92 valence electrons. The summed E-state index contributed by atoms with van der Waals surface area (Å²) in [6, 6.07) is 0.682. The fourth-order valence-corrected chi connectivity index (χ4v) is 1.99. The molecule has 1 saturated carbocycles. The van der Waals surface area contributed by atoms with Crippen LogP contribution in [0.15, 0.2) is 6.07 Å². The summed E-state index contributed by atoms with van der Waals surface area (Å²) in [5.74, 6) is -0.315. The molecule has 0 bridgehead atoms. The second kappa shape index (κ2) is 4.25. The van der Waals surface area contributed by atoms with Crippen molar-refractivity contribution in [2.45, 2.75) is 31.4 Å². The van der Waals surface area contributed by atoms with E-state index in [1.807, 2.05) is 0 Å². The first-order valence-corrected chi connectivity index (χ1v) is 5.37. The van der Waals surface area contributed by atoms with Gasteiger partial charge in [-0.2, -0.15) is 13.2 Å². The summed E-state index contributed by atoms with van der Waals surface area (Å²) in [5, 5.41) is -0.248. The van der Waals surface area contributed by atoms with Gasteiger partial charge in [0, 0.05) is 24.8 Å².